The molecule has 0 aromatic heterocycles. The lowest BCUT2D eigenvalue weighted by molar-refractivity contribution is -0.164. The lowest BCUT2D eigenvalue weighted by Gasteiger charge is -2.54. The van der Waals surface area contributed by atoms with E-state index >= 15 is 0 Å². The summed E-state index contributed by atoms with van der Waals surface area (Å²) in [6.45, 7) is 6.80. The van der Waals surface area contributed by atoms with Crippen molar-refractivity contribution in [1.29, 1.82) is 0 Å². The van der Waals surface area contributed by atoms with Crippen LogP contribution in [0.4, 0.5) is 5.69 Å². The summed E-state index contributed by atoms with van der Waals surface area (Å²) in [5.74, 6) is 7.68. The van der Waals surface area contributed by atoms with Gasteiger partial charge in [0.25, 0.3) is 0 Å². The minimum absolute atomic E-state index is 0.225. The standard InChI is InChI=1S/C36H46BrNO3/c1-5-19-36(41-25(2)39)20-18-33-31-16-12-27-23-29(40)15-17-30(27)34(31)32(24-35(33,36)3)26-10-13-28(14-11-26)38(4)22-9-7-6-8-21-37/h10-11,13-14,23,31-33H,6-9,12,15-18,20-22,24H2,1-4H3/t31-,32+,33-,35-,36-/m0/s1. The first-order chi connectivity index (χ1) is 19.7. The molecule has 0 amide bonds. The number of alkyl halides is 1. The number of carbonyl (C=O) groups excluding carboxylic acids is 2. The topological polar surface area (TPSA) is 46.6 Å². The van der Waals surface area contributed by atoms with E-state index in [-0.39, 0.29) is 23.1 Å². The Balaban J connectivity index is 1.51. The van der Waals surface area contributed by atoms with Crippen LogP contribution in [-0.2, 0) is 14.3 Å². The van der Waals surface area contributed by atoms with Gasteiger partial charge < -0.3 is 9.64 Å². The van der Waals surface area contributed by atoms with Crippen LogP contribution >= 0.6 is 15.9 Å². The largest absolute Gasteiger partial charge is 0.445 e. The number of anilines is 1. The van der Waals surface area contributed by atoms with Crippen molar-refractivity contribution in [2.75, 3.05) is 23.8 Å². The normalized spacial score (nSPS) is 30.4. The van der Waals surface area contributed by atoms with Gasteiger partial charge in [0.05, 0.1) is 0 Å². The van der Waals surface area contributed by atoms with E-state index in [1.807, 2.05) is 13.0 Å². The number of ketones is 1. The van der Waals surface area contributed by atoms with Crippen LogP contribution in [-0.4, -0.2) is 36.3 Å². The fourth-order valence-corrected chi connectivity index (χ4v) is 9.08. The molecule has 0 saturated heterocycles. The van der Waals surface area contributed by atoms with Gasteiger partial charge in [-0.2, -0.15) is 0 Å². The highest BCUT2D eigenvalue weighted by atomic mass is 79.9. The smallest absolute Gasteiger partial charge is 0.304 e. The van der Waals surface area contributed by atoms with Crippen molar-refractivity contribution in [2.45, 2.75) is 103 Å². The van der Waals surface area contributed by atoms with Gasteiger partial charge in [-0.05, 0) is 105 Å². The molecule has 1 aromatic rings. The maximum absolute atomic E-state index is 12.4. The summed E-state index contributed by atoms with van der Waals surface area (Å²) in [6, 6.07) is 9.23. The molecule has 4 nitrogen and oxygen atoms in total. The number of nitrogens with zero attached hydrogens (tertiary/aromatic N) is 1. The molecule has 0 N–H and O–H groups in total. The van der Waals surface area contributed by atoms with Crippen molar-refractivity contribution in [1.82, 2.24) is 0 Å². The predicted octanol–water partition coefficient (Wildman–Crippen LogP) is 8.30. The van der Waals surface area contributed by atoms with Gasteiger partial charge in [0.15, 0.2) is 11.4 Å². The molecule has 4 aliphatic rings. The molecule has 41 heavy (non-hydrogen) atoms. The van der Waals surface area contributed by atoms with E-state index in [0.29, 0.717) is 18.3 Å². The van der Waals surface area contributed by atoms with Crippen LogP contribution < -0.4 is 4.90 Å². The zero-order valence-electron chi connectivity index (χ0n) is 25.4. The molecular formula is C36H46BrNO3. The van der Waals surface area contributed by atoms with E-state index in [1.165, 1.54) is 55.0 Å². The van der Waals surface area contributed by atoms with E-state index in [2.05, 4.69) is 70.9 Å². The van der Waals surface area contributed by atoms with Crippen molar-refractivity contribution < 1.29 is 14.3 Å². The highest BCUT2D eigenvalue weighted by Gasteiger charge is 2.65. The molecule has 5 atom stereocenters. The summed E-state index contributed by atoms with van der Waals surface area (Å²) in [6.07, 6.45) is 13.1. The molecule has 5 heteroatoms. The molecular weight excluding hydrogens is 574 g/mol. The zero-order chi connectivity index (χ0) is 29.2. The first-order valence-electron chi connectivity index (χ1n) is 15.7. The highest BCUT2D eigenvalue weighted by molar-refractivity contribution is 9.09. The van der Waals surface area contributed by atoms with Crippen LogP contribution in [0.25, 0.3) is 0 Å². The van der Waals surface area contributed by atoms with Crippen molar-refractivity contribution in [2.24, 2.45) is 17.3 Å². The van der Waals surface area contributed by atoms with Crippen LogP contribution in [0.3, 0.4) is 0 Å². The number of hydrogen-bond acceptors (Lipinski definition) is 4. The quantitative estimate of drug-likeness (QED) is 0.121. The van der Waals surface area contributed by atoms with Crippen molar-refractivity contribution in [3.63, 3.8) is 0 Å². The van der Waals surface area contributed by atoms with E-state index < -0.39 is 5.60 Å². The van der Waals surface area contributed by atoms with Crippen LogP contribution in [0.15, 0.2) is 47.1 Å². The van der Waals surface area contributed by atoms with Gasteiger partial charge in [0.1, 0.15) is 0 Å². The van der Waals surface area contributed by atoms with Gasteiger partial charge in [-0.3, -0.25) is 9.59 Å². The Morgan fingerprint density at radius 3 is 2.56 bits per heavy atom. The Morgan fingerprint density at radius 1 is 1.10 bits per heavy atom. The molecule has 4 aliphatic carbocycles. The Morgan fingerprint density at radius 2 is 1.85 bits per heavy atom. The summed E-state index contributed by atoms with van der Waals surface area (Å²) in [4.78, 5) is 27.2. The number of allylic oxidation sites excluding steroid dienone is 4. The minimum Gasteiger partial charge on any atom is -0.445 e. The minimum atomic E-state index is -0.750. The third-order valence-corrected chi connectivity index (χ3v) is 11.2. The van der Waals surface area contributed by atoms with Crippen molar-refractivity contribution >= 4 is 33.4 Å². The number of ether oxygens (including phenoxy) is 1. The van der Waals surface area contributed by atoms with Crippen LogP contribution in [0.2, 0.25) is 0 Å². The molecule has 1 aromatic carbocycles. The number of esters is 1. The zero-order valence-corrected chi connectivity index (χ0v) is 26.9. The molecule has 220 valence electrons. The van der Waals surface area contributed by atoms with Crippen LogP contribution in [0.5, 0.6) is 0 Å². The number of benzene rings is 1. The Labute approximate surface area is 255 Å². The van der Waals surface area contributed by atoms with Gasteiger partial charge in [-0.1, -0.05) is 59.3 Å². The van der Waals surface area contributed by atoms with Gasteiger partial charge in [-0.15, -0.1) is 5.92 Å². The monoisotopic (exact) mass is 619 g/mol. The summed E-state index contributed by atoms with van der Waals surface area (Å²) in [5.41, 5.74) is 5.88. The maximum atomic E-state index is 12.4. The molecule has 0 aliphatic heterocycles. The van der Waals surface area contributed by atoms with E-state index in [1.54, 1.807) is 5.57 Å². The van der Waals surface area contributed by atoms with Gasteiger partial charge in [-0.25, -0.2) is 0 Å². The van der Waals surface area contributed by atoms with Crippen molar-refractivity contribution in [3.05, 3.63) is 52.6 Å². The fraction of sp³-hybridized carbons (Fsp3) is 0.611. The SMILES string of the molecule is CC#C[C@]1(OC(C)=O)CC[C@H]2[C@@H]3CCC4=CC(=O)CCC4=C3[C@@H](c3ccc(N(C)CCCCCCBr)cc3)C[C@@]21C. The summed E-state index contributed by atoms with van der Waals surface area (Å²) >= 11 is 3.53. The van der Waals surface area contributed by atoms with Gasteiger partial charge in [0.2, 0.25) is 0 Å². The second kappa shape index (κ2) is 12.5. The molecule has 2 saturated carbocycles. The molecule has 0 spiro atoms. The van der Waals surface area contributed by atoms with E-state index in [0.717, 1.165) is 50.4 Å². The Kier molecular flexibility index (Phi) is 9.19. The van der Waals surface area contributed by atoms with E-state index in [9.17, 15) is 9.59 Å². The number of halogens is 1. The summed E-state index contributed by atoms with van der Waals surface area (Å²) in [5, 5.41) is 1.09. The number of unbranched alkanes of at least 4 members (excludes halogenated alkanes) is 3. The molecule has 0 radical (unpaired) electrons. The third-order valence-electron chi connectivity index (χ3n) is 10.6. The average molecular weight is 621 g/mol. The third kappa shape index (κ3) is 5.71. The van der Waals surface area contributed by atoms with Crippen LogP contribution in [0.1, 0.15) is 103 Å². The average Bonchev–Trinajstić information content (AvgIpc) is 3.23. The predicted molar refractivity (Wildman–Crippen MR) is 170 cm³/mol. The first kappa shape index (κ1) is 30.1. The second-order valence-electron chi connectivity index (χ2n) is 12.9. The van der Waals surface area contributed by atoms with Crippen molar-refractivity contribution in [3.8, 4) is 11.8 Å². The first-order valence-corrected chi connectivity index (χ1v) is 16.8. The van der Waals surface area contributed by atoms with E-state index in [4.69, 9.17) is 4.74 Å². The molecule has 0 bridgehead atoms. The number of rotatable bonds is 9. The Hall–Kier alpha value is -2.32. The lowest BCUT2D eigenvalue weighted by atomic mass is 9.51. The molecule has 2 fully saturated rings. The maximum Gasteiger partial charge on any atom is 0.304 e. The second-order valence-corrected chi connectivity index (χ2v) is 13.7. The summed E-state index contributed by atoms with van der Waals surface area (Å²) in [7, 11) is 2.19. The number of carbonyl (C=O) groups is 2. The summed E-state index contributed by atoms with van der Waals surface area (Å²) < 4.78 is 6.21. The Bertz CT molecular complexity index is 1280. The number of hydrogen-bond donors (Lipinski definition) is 0. The lowest BCUT2D eigenvalue weighted by Crippen LogP contribution is -2.53. The molecule has 0 unspecified atom stereocenters. The molecule has 5 rings (SSSR count). The fourth-order valence-electron chi connectivity index (χ4n) is 8.68. The highest BCUT2D eigenvalue weighted by Crippen LogP contribution is 2.67. The van der Waals surface area contributed by atoms with Crippen LogP contribution in [0, 0.1) is 29.1 Å². The van der Waals surface area contributed by atoms with Gasteiger partial charge >= 0.3 is 5.97 Å². The molecule has 0 heterocycles. The van der Waals surface area contributed by atoms with Gasteiger partial charge in [0, 0.05) is 49.3 Å². The number of fused-ring (bicyclic) bond motifs is 4.